The Morgan fingerprint density at radius 2 is 2.06 bits per heavy atom. The van der Waals surface area contributed by atoms with Gasteiger partial charge in [0, 0.05) is 31.4 Å². The lowest BCUT2D eigenvalue weighted by atomic mass is 10.1. The van der Waals surface area contributed by atoms with Gasteiger partial charge >= 0.3 is 0 Å². The third-order valence-electron chi connectivity index (χ3n) is 2.73. The van der Waals surface area contributed by atoms with Gasteiger partial charge in [-0.05, 0) is 38.9 Å². The molecule has 3 heteroatoms. The first-order valence-electron chi connectivity index (χ1n) is 5.93. The minimum Gasteiger partial charge on any atom is -0.359 e. The molecule has 0 saturated carbocycles. The topological polar surface area (TPSA) is 28.2 Å². The van der Waals surface area contributed by atoms with Crippen molar-refractivity contribution in [3.8, 4) is 0 Å². The van der Waals surface area contributed by atoms with Crippen LogP contribution in [0.1, 0.15) is 30.2 Å². The summed E-state index contributed by atoms with van der Waals surface area (Å²) < 4.78 is 0. The molecule has 90 valence electrons. The van der Waals surface area contributed by atoms with Crippen molar-refractivity contribution in [2.45, 2.75) is 33.7 Å². The van der Waals surface area contributed by atoms with E-state index in [9.17, 15) is 0 Å². The number of hydrogen-bond donors (Lipinski definition) is 1. The molecule has 0 spiro atoms. The van der Waals surface area contributed by atoms with Crippen LogP contribution in [0.15, 0.2) is 6.07 Å². The smallest absolute Gasteiger partial charge is 0.133 e. The fourth-order valence-electron chi connectivity index (χ4n) is 2.00. The van der Waals surface area contributed by atoms with E-state index in [-0.39, 0.29) is 0 Å². The first-order valence-corrected chi connectivity index (χ1v) is 5.93. The summed E-state index contributed by atoms with van der Waals surface area (Å²) in [5.41, 5.74) is 3.72. The van der Waals surface area contributed by atoms with Gasteiger partial charge in [0.2, 0.25) is 0 Å². The number of nitrogens with zero attached hydrogens (tertiary/aromatic N) is 2. The van der Waals surface area contributed by atoms with Crippen LogP contribution in [0.4, 0.5) is 5.82 Å². The van der Waals surface area contributed by atoms with E-state index in [2.05, 4.69) is 49.1 Å². The van der Waals surface area contributed by atoms with E-state index in [1.165, 1.54) is 11.1 Å². The third-order valence-corrected chi connectivity index (χ3v) is 2.73. The molecule has 1 N–H and O–H groups in total. The van der Waals surface area contributed by atoms with E-state index in [0.717, 1.165) is 31.0 Å². The highest BCUT2D eigenvalue weighted by Crippen LogP contribution is 2.21. The summed E-state index contributed by atoms with van der Waals surface area (Å²) in [5, 5.41) is 3.21. The predicted octanol–water partition coefficient (Wildman–Crippen LogP) is 2.26. The molecule has 0 aliphatic heterocycles. The summed E-state index contributed by atoms with van der Waals surface area (Å²) in [6.07, 6.45) is 1.14. The summed E-state index contributed by atoms with van der Waals surface area (Å²) in [6.45, 7) is 8.33. The SMILES string of the molecule is CCCN(C)c1nc(C)cc(C)c1CNC. The molecular weight excluding hydrogens is 198 g/mol. The van der Waals surface area contributed by atoms with Crippen LogP contribution in [0.25, 0.3) is 0 Å². The molecule has 0 aromatic carbocycles. The van der Waals surface area contributed by atoms with Crippen LogP contribution in [0.5, 0.6) is 0 Å². The van der Waals surface area contributed by atoms with Crippen LogP contribution < -0.4 is 10.2 Å². The number of rotatable bonds is 5. The lowest BCUT2D eigenvalue weighted by Gasteiger charge is -2.22. The van der Waals surface area contributed by atoms with Crippen molar-refractivity contribution >= 4 is 5.82 Å². The molecule has 1 rings (SSSR count). The van der Waals surface area contributed by atoms with Crippen molar-refractivity contribution in [1.82, 2.24) is 10.3 Å². The van der Waals surface area contributed by atoms with Crippen molar-refractivity contribution in [3.05, 3.63) is 22.9 Å². The van der Waals surface area contributed by atoms with Crippen LogP contribution in [0, 0.1) is 13.8 Å². The number of aromatic nitrogens is 1. The minimum absolute atomic E-state index is 0.877. The molecule has 0 aliphatic carbocycles. The Morgan fingerprint density at radius 1 is 1.38 bits per heavy atom. The number of aryl methyl sites for hydroxylation is 2. The molecule has 1 aromatic heterocycles. The molecule has 1 aromatic rings. The fourth-order valence-corrected chi connectivity index (χ4v) is 2.00. The Labute approximate surface area is 98.9 Å². The van der Waals surface area contributed by atoms with E-state index in [1.54, 1.807) is 0 Å². The van der Waals surface area contributed by atoms with E-state index >= 15 is 0 Å². The van der Waals surface area contributed by atoms with Gasteiger partial charge in [0.15, 0.2) is 0 Å². The number of nitrogens with one attached hydrogen (secondary N) is 1. The molecule has 3 nitrogen and oxygen atoms in total. The van der Waals surface area contributed by atoms with Crippen LogP contribution in [0.3, 0.4) is 0 Å². The molecule has 0 amide bonds. The van der Waals surface area contributed by atoms with Gasteiger partial charge in [0.1, 0.15) is 5.82 Å². The molecule has 0 atom stereocenters. The van der Waals surface area contributed by atoms with Crippen LogP contribution in [0.2, 0.25) is 0 Å². The molecule has 0 bridgehead atoms. The van der Waals surface area contributed by atoms with E-state index in [0.29, 0.717) is 0 Å². The molecule has 0 radical (unpaired) electrons. The van der Waals surface area contributed by atoms with Crippen molar-refractivity contribution in [1.29, 1.82) is 0 Å². The second kappa shape index (κ2) is 5.85. The Morgan fingerprint density at radius 3 is 2.62 bits per heavy atom. The monoisotopic (exact) mass is 221 g/mol. The van der Waals surface area contributed by atoms with Gasteiger partial charge in [0.25, 0.3) is 0 Å². The molecule has 16 heavy (non-hydrogen) atoms. The summed E-state index contributed by atoms with van der Waals surface area (Å²) in [6, 6.07) is 2.15. The lowest BCUT2D eigenvalue weighted by molar-refractivity contribution is 0.777. The van der Waals surface area contributed by atoms with Crippen LogP contribution in [-0.4, -0.2) is 25.6 Å². The maximum absolute atomic E-state index is 4.66. The number of pyridine rings is 1. The zero-order chi connectivity index (χ0) is 12.1. The molecule has 0 unspecified atom stereocenters. The van der Waals surface area contributed by atoms with E-state index in [1.807, 2.05) is 7.05 Å². The average Bonchev–Trinajstić information content (AvgIpc) is 2.22. The third kappa shape index (κ3) is 2.95. The summed E-state index contributed by atoms with van der Waals surface area (Å²) in [4.78, 5) is 6.90. The van der Waals surface area contributed by atoms with Crippen molar-refractivity contribution in [3.63, 3.8) is 0 Å². The Balaban J connectivity index is 3.12. The maximum atomic E-state index is 4.66. The summed E-state index contributed by atoms with van der Waals surface area (Å²) >= 11 is 0. The van der Waals surface area contributed by atoms with Gasteiger partial charge in [-0.15, -0.1) is 0 Å². The van der Waals surface area contributed by atoms with Gasteiger partial charge in [-0.2, -0.15) is 0 Å². The van der Waals surface area contributed by atoms with Gasteiger partial charge in [0.05, 0.1) is 0 Å². The second-order valence-corrected chi connectivity index (χ2v) is 4.33. The van der Waals surface area contributed by atoms with Crippen molar-refractivity contribution < 1.29 is 0 Å². The van der Waals surface area contributed by atoms with E-state index < -0.39 is 0 Å². The van der Waals surface area contributed by atoms with Crippen LogP contribution >= 0.6 is 0 Å². The Bertz CT molecular complexity index is 347. The Hall–Kier alpha value is -1.09. The van der Waals surface area contributed by atoms with Crippen molar-refractivity contribution in [2.24, 2.45) is 0 Å². The first-order chi connectivity index (χ1) is 7.60. The Kier molecular flexibility index (Phi) is 4.74. The molecule has 0 aliphatic rings. The second-order valence-electron chi connectivity index (χ2n) is 4.33. The number of hydrogen-bond acceptors (Lipinski definition) is 3. The largest absolute Gasteiger partial charge is 0.359 e. The zero-order valence-electron chi connectivity index (χ0n) is 11.1. The minimum atomic E-state index is 0.877. The highest BCUT2D eigenvalue weighted by atomic mass is 15.2. The molecular formula is C13H23N3. The summed E-state index contributed by atoms with van der Waals surface area (Å²) in [5.74, 6) is 1.12. The van der Waals surface area contributed by atoms with Gasteiger partial charge < -0.3 is 10.2 Å². The number of anilines is 1. The van der Waals surface area contributed by atoms with Crippen LogP contribution in [-0.2, 0) is 6.54 Å². The van der Waals surface area contributed by atoms with Crippen molar-refractivity contribution in [2.75, 3.05) is 25.5 Å². The standard InChI is InChI=1S/C13H23N3/c1-6-7-16(5)13-12(9-14-4)10(2)8-11(3)15-13/h8,14H,6-7,9H2,1-5H3. The highest BCUT2D eigenvalue weighted by molar-refractivity contribution is 5.51. The first kappa shape index (κ1) is 13.0. The van der Waals surface area contributed by atoms with E-state index in [4.69, 9.17) is 0 Å². The predicted molar refractivity (Wildman–Crippen MR) is 70.0 cm³/mol. The normalized spacial score (nSPS) is 10.6. The zero-order valence-corrected chi connectivity index (χ0v) is 11.1. The molecule has 0 saturated heterocycles. The molecule has 0 fully saturated rings. The lowest BCUT2D eigenvalue weighted by Crippen LogP contribution is -2.23. The van der Waals surface area contributed by atoms with Gasteiger partial charge in [-0.3, -0.25) is 0 Å². The quantitative estimate of drug-likeness (QED) is 0.826. The molecule has 1 heterocycles. The van der Waals surface area contributed by atoms with Gasteiger partial charge in [-0.1, -0.05) is 6.92 Å². The van der Waals surface area contributed by atoms with Gasteiger partial charge in [-0.25, -0.2) is 4.98 Å². The fraction of sp³-hybridized carbons (Fsp3) is 0.615. The average molecular weight is 221 g/mol. The highest BCUT2D eigenvalue weighted by Gasteiger charge is 2.11. The summed E-state index contributed by atoms with van der Waals surface area (Å²) in [7, 11) is 4.09. The maximum Gasteiger partial charge on any atom is 0.133 e.